The van der Waals surface area contributed by atoms with Gasteiger partial charge in [0.1, 0.15) is 6.54 Å². The Kier molecular flexibility index (Phi) is 5.34. The van der Waals surface area contributed by atoms with Crippen LogP contribution < -0.4 is 4.31 Å². The molecule has 1 aliphatic rings. The Morgan fingerprint density at radius 1 is 1.30 bits per heavy atom. The molecule has 0 aromatic heterocycles. The number of hydrogen-bond donors (Lipinski definition) is 0. The second kappa shape index (κ2) is 6.91. The Bertz CT molecular complexity index is 685. The first-order valence-electron chi connectivity index (χ1n) is 8.01. The van der Waals surface area contributed by atoms with Crippen molar-refractivity contribution in [2.45, 2.75) is 33.6 Å². The van der Waals surface area contributed by atoms with E-state index in [0.29, 0.717) is 24.7 Å². The zero-order valence-corrected chi connectivity index (χ0v) is 15.2. The maximum atomic E-state index is 12.5. The molecule has 128 valence electrons. The zero-order chi connectivity index (χ0) is 17.2. The van der Waals surface area contributed by atoms with Crippen LogP contribution >= 0.6 is 0 Å². The van der Waals surface area contributed by atoms with E-state index < -0.39 is 10.0 Å². The van der Waals surface area contributed by atoms with Crippen LogP contribution in [0.2, 0.25) is 0 Å². The molecule has 0 N–H and O–H groups in total. The van der Waals surface area contributed by atoms with Gasteiger partial charge in [-0.1, -0.05) is 13.0 Å². The number of carbonyl (C=O) groups excluding carboxylic acids is 1. The van der Waals surface area contributed by atoms with Crippen LogP contribution in [-0.4, -0.2) is 45.1 Å². The minimum absolute atomic E-state index is 0.125. The normalized spacial score (nSPS) is 18.8. The monoisotopic (exact) mass is 338 g/mol. The van der Waals surface area contributed by atoms with E-state index in [9.17, 15) is 13.2 Å². The molecule has 5 nitrogen and oxygen atoms in total. The van der Waals surface area contributed by atoms with Gasteiger partial charge in [-0.25, -0.2) is 8.42 Å². The van der Waals surface area contributed by atoms with Gasteiger partial charge in [-0.15, -0.1) is 0 Å². The van der Waals surface area contributed by atoms with Crippen LogP contribution in [0.3, 0.4) is 0 Å². The summed E-state index contributed by atoms with van der Waals surface area (Å²) in [6.07, 6.45) is 3.25. The molecule has 1 aromatic rings. The number of rotatable bonds is 4. The van der Waals surface area contributed by atoms with E-state index in [2.05, 4.69) is 6.92 Å². The van der Waals surface area contributed by atoms with Crippen molar-refractivity contribution in [1.29, 1.82) is 0 Å². The molecule has 0 radical (unpaired) electrons. The molecule has 23 heavy (non-hydrogen) atoms. The predicted molar refractivity (Wildman–Crippen MR) is 93.1 cm³/mol. The highest BCUT2D eigenvalue weighted by Gasteiger charge is 2.26. The molecule has 1 saturated heterocycles. The highest BCUT2D eigenvalue weighted by Crippen LogP contribution is 2.22. The molecule has 2 rings (SSSR count). The van der Waals surface area contributed by atoms with Crippen LogP contribution in [0.5, 0.6) is 0 Å². The minimum Gasteiger partial charge on any atom is -0.341 e. The van der Waals surface area contributed by atoms with Gasteiger partial charge < -0.3 is 4.90 Å². The molecular weight excluding hydrogens is 312 g/mol. The number of benzene rings is 1. The third-order valence-corrected chi connectivity index (χ3v) is 5.61. The Balaban J connectivity index is 2.22. The highest BCUT2D eigenvalue weighted by molar-refractivity contribution is 7.92. The number of anilines is 1. The number of likely N-dealkylation sites (tertiary alicyclic amines) is 1. The molecule has 0 bridgehead atoms. The fourth-order valence-electron chi connectivity index (χ4n) is 2.92. The zero-order valence-electron chi connectivity index (χ0n) is 14.4. The minimum atomic E-state index is -3.51. The van der Waals surface area contributed by atoms with E-state index in [1.54, 1.807) is 11.0 Å². The second-order valence-electron chi connectivity index (χ2n) is 6.63. The van der Waals surface area contributed by atoms with Gasteiger partial charge in [-0.3, -0.25) is 9.10 Å². The van der Waals surface area contributed by atoms with E-state index in [1.807, 2.05) is 26.0 Å². The maximum Gasteiger partial charge on any atom is 0.243 e. The van der Waals surface area contributed by atoms with Crippen molar-refractivity contribution in [3.8, 4) is 0 Å². The van der Waals surface area contributed by atoms with Gasteiger partial charge in [0.05, 0.1) is 11.9 Å². The molecule has 0 saturated carbocycles. The molecule has 0 spiro atoms. The summed E-state index contributed by atoms with van der Waals surface area (Å²) in [5.41, 5.74) is 2.66. The van der Waals surface area contributed by atoms with Crippen molar-refractivity contribution in [1.82, 2.24) is 4.90 Å². The molecule has 0 unspecified atom stereocenters. The van der Waals surface area contributed by atoms with Gasteiger partial charge in [0.15, 0.2) is 0 Å². The highest BCUT2D eigenvalue weighted by atomic mass is 32.2. The van der Waals surface area contributed by atoms with E-state index in [4.69, 9.17) is 0 Å². The van der Waals surface area contributed by atoms with Crippen molar-refractivity contribution in [2.75, 3.05) is 30.2 Å². The lowest BCUT2D eigenvalue weighted by atomic mass is 10.0. The molecule has 1 fully saturated rings. The Hall–Kier alpha value is -1.56. The Morgan fingerprint density at radius 2 is 2.00 bits per heavy atom. The average Bonchev–Trinajstić information content (AvgIpc) is 2.46. The largest absolute Gasteiger partial charge is 0.341 e. The van der Waals surface area contributed by atoms with Gasteiger partial charge in [-0.05, 0) is 55.9 Å². The van der Waals surface area contributed by atoms with Gasteiger partial charge in [0, 0.05) is 13.1 Å². The fourth-order valence-corrected chi connectivity index (χ4v) is 3.76. The van der Waals surface area contributed by atoms with Crippen molar-refractivity contribution < 1.29 is 13.2 Å². The Labute approximate surface area is 139 Å². The second-order valence-corrected chi connectivity index (χ2v) is 8.53. The van der Waals surface area contributed by atoms with Gasteiger partial charge >= 0.3 is 0 Å². The molecule has 0 aliphatic carbocycles. The third kappa shape index (κ3) is 4.47. The van der Waals surface area contributed by atoms with Crippen LogP contribution in [0, 0.1) is 19.8 Å². The summed E-state index contributed by atoms with van der Waals surface area (Å²) < 4.78 is 25.5. The molecule has 1 atom stereocenters. The SMILES string of the molecule is Cc1ccc(N(CC(=O)N2CCC[C@H](C)C2)S(C)(=O)=O)cc1C. The summed E-state index contributed by atoms with van der Waals surface area (Å²) in [7, 11) is -3.51. The van der Waals surface area contributed by atoms with Crippen LogP contribution in [0.25, 0.3) is 0 Å². The molecule has 1 amide bonds. The summed E-state index contributed by atoms with van der Waals surface area (Å²) in [6.45, 7) is 7.33. The molecule has 1 aliphatic heterocycles. The maximum absolute atomic E-state index is 12.5. The van der Waals surface area contributed by atoms with E-state index in [1.165, 1.54) is 4.31 Å². The average molecular weight is 338 g/mol. The van der Waals surface area contributed by atoms with Crippen molar-refractivity contribution in [3.05, 3.63) is 29.3 Å². The van der Waals surface area contributed by atoms with Gasteiger partial charge in [0.2, 0.25) is 15.9 Å². The lowest BCUT2D eigenvalue weighted by Crippen LogP contribution is -2.46. The number of nitrogens with zero attached hydrogens (tertiary/aromatic N) is 2. The lowest BCUT2D eigenvalue weighted by Gasteiger charge is -2.33. The quantitative estimate of drug-likeness (QED) is 0.846. The summed E-state index contributed by atoms with van der Waals surface area (Å²) in [5, 5.41) is 0. The number of amides is 1. The van der Waals surface area contributed by atoms with Crippen molar-refractivity contribution in [2.24, 2.45) is 5.92 Å². The van der Waals surface area contributed by atoms with Crippen LogP contribution in [0.15, 0.2) is 18.2 Å². The number of hydrogen-bond acceptors (Lipinski definition) is 3. The number of carbonyl (C=O) groups is 1. The molecule has 1 aromatic carbocycles. The van der Waals surface area contributed by atoms with Crippen molar-refractivity contribution in [3.63, 3.8) is 0 Å². The molecule has 6 heteroatoms. The number of aryl methyl sites for hydroxylation is 2. The summed E-state index contributed by atoms with van der Waals surface area (Å²) in [6, 6.07) is 5.47. The fraction of sp³-hybridized carbons (Fsp3) is 0.588. The van der Waals surface area contributed by atoms with E-state index >= 15 is 0 Å². The topological polar surface area (TPSA) is 57.7 Å². The van der Waals surface area contributed by atoms with Crippen LogP contribution in [0.1, 0.15) is 30.9 Å². The standard InChI is InChI=1S/C17H26N2O3S/c1-13-6-5-9-18(11-13)17(20)12-19(23(4,21)22)16-8-7-14(2)15(3)10-16/h7-8,10,13H,5-6,9,11-12H2,1-4H3/t13-/m0/s1. The third-order valence-electron chi connectivity index (χ3n) is 4.47. The molecular formula is C17H26N2O3S. The van der Waals surface area contributed by atoms with Crippen molar-refractivity contribution >= 4 is 21.6 Å². The van der Waals surface area contributed by atoms with E-state index in [0.717, 1.165) is 30.2 Å². The van der Waals surface area contributed by atoms with Crippen LogP contribution in [0.4, 0.5) is 5.69 Å². The summed E-state index contributed by atoms with van der Waals surface area (Å²) >= 11 is 0. The first-order chi connectivity index (χ1) is 10.7. The lowest BCUT2D eigenvalue weighted by molar-refractivity contribution is -0.131. The van der Waals surface area contributed by atoms with Gasteiger partial charge in [-0.2, -0.15) is 0 Å². The first kappa shape index (κ1) is 17.8. The number of sulfonamides is 1. The first-order valence-corrected chi connectivity index (χ1v) is 9.86. The van der Waals surface area contributed by atoms with Crippen LogP contribution in [-0.2, 0) is 14.8 Å². The Morgan fingerprint density at radius 3 is 2.57 bits per heavy atom. The molecule has 1 heterocycles. The van der Waals surface area contributed by atoms with Gasteiger partial charge in [0.25, 0.3) is 0 Å². The summed E-state index contributed by atoms with van der Waals surface area (Å²) in [4.78, 5) is 14.3. The number of piperidine rings is 1. The van der Waals surface area contributed by atoms with E-state index in [-0.39, 0.29) is 12.5 Å². The smallest absolute Gasteiger partial charge is 0.243 e. The predicted octanol–water partition coefficient (Wildman–Crippen LogP) is 2.33. The summed E-state index contributed by atoms with van der Waals surface area (Å²) in [5.74, 6) is 0.348.